The average molecular weight is 606 g/mol. The van der Waals surface area contributed by atoms with Crippen molar-refractivity contribution in [3.63, 3.8) is 0 Å². The van der Waals surface area contributed by atoms with Crippen molar-refractivity contribution < 1.29 is 55.1 Å². The number of esters is 1. The highest BCUT2D eigenvalue weighted by Gasteiger charge is 2.71. The molecule has 3 radical (unpaired) electrons. The lowest BCUT2D eigenvalue weighted by molar-refractivity contribution is -0.141. The Morgan fingerprint density at radius 3 is 2.15 bits per heavy atom. The van der Waals surface area contributed by atoms with Crippen LogP contribution >= 0.6 is 0 Å². The van der Waals surface area contributed by atoms with E-state index in [1.807, 2.05) is 6.55 Å². The molecule has 6 bridgehead atoms. The van der Waals surface area contributed by atoms with Gasteiger partial charge in [0.1, 0.15) is 0 Å². The fraction of sp³-hybridized carbons (Fsp3) is 0.917. The lowest BCUT2D eigenvalue weighted by atomic mass is 10.5. The van der Waals surface area contributed by atoms with Crippen LogP contribution in [0.15, 0.2) is 0 Å². The Hall–Kier alpha value is 0.765. The van der Waals surface area contributed by atoms with E-state index in [2.05, 4.69) is 0 Å². The van der Waals surface area contributed by atoms with Crippen LogP contribution < -0.4 is 0 Å². The standard InChI is InChI=1S/C12H29O13Si8/c1-12(13)14-9-8-10-33-17-26-16-29(4)20-30(5)18-27(2)11-15-28(3,24-33)19-31(6,22-30)23-32(7,21-29)25-33/h8-11H2,1-7H3. The summed E-state index contributed by atoms with van der Waals surface area (Å²) in [5.41, 5.74) is 0. The maximum atomic E-state index is 11.2. The fourth-order valence-corrected chi connectivity index (χ4v) is 39.3. The van der Waals surface area contributed by atoms with Crippen molar-refractivity contribution in [3.05, 3.63) is 0 Å². The van der Waals surface area contributed by atoms with Crippen molar-refractivity contribution in [2.75, 3.05) is 12.8 Å². The second-order valence-corrected chi connectivity index (χ2v) is 29.3. The highest BCUT2D eigenvalue weighted by molar-refractivity contribution is 6.96. The highest BCUT2D eigenvalue weighted by atomic mass is 28.6. The van der Waals surface area contributed by atoms with E-state index >= 15 is 0 Å². The molecule has 0 saturated carbocycles. The zero-order valence-electron chi connectivity index (χ0n) is 19.6. The summed E-state index contributed by atoms with van der Waals surface area (Å²) in [7, 11) is -22.6. The molecule has 0 aromatic rings. The van der Waals surface area contributed by atoms with Gasteiger partial charge in [-0.05, 0) is 13.0 Å². The predicted octanol–water partition coefficient (Wildman–Crippen LogP) is 0.654. The van der Waals surface area contributed by atoms with Crippen LogP contribution in [-0.4, -0.2) is 90.7 Å². The van der Waals surface area contributed by atoms with E-state index in [0.717, 1.165) is 0 Å². The normalized spacial score (nSPS) is 48.6. The molecule has 0 aromatic heterocycles. The molecule has 13 nitrogen and oxygen atoms in total. The molecule has 0 aromatic carbocycles. The summed E-state index contributed by atoms with van der Waals surface area (Å²) >= 11 is 0. The van der Waals surface area contributed by atoms with Gasteiger partial charge in [-0.25, -0.2) is 0 Å². The van der Waals surface area contributed by atoms with Gasteiger partial charge in [0.15, 0.2) is 0 Å². The summed E-state index contributed by atoms with van der Waals surface area (Å²) in [6, 6.07) is 0.326. The number of fused-ring (bicyclic) bond motifs is 4. The molecule has 6 atom stereocenters. The first-order valence-corrected chi connectivity index (χ1v) is 26.5. The zero-order valence-corrected chi connectivity index (χ0v) is 27.6. The Labute approximate surface area is 204 Å². The van der Waals surface area contributed by atoms with Crippen LogP contribution in [0.2, 0.25) is 45.3 Å². The summed E-state index contributed by atoms with van der Waals surface area (Å²) in [6.45, 7) is 12.3. The first-order chi connectivity index (χ1) is 15.2. The maximum Gasteiger partial charge on any atom is 0.482 e. The topological polar surface area (TPSA) is 128 Å². The lowest BCUT2D eigenvalue weighted by Gasteiger charge is -2.53. The van der Waals surface area contributed by atoms with Gasteiger partial charge in [0.2, 0.25) is 9.04 Å². The molecule has 0 aliphatic carbocycles. The molecule has 33 heavy (non-hydrogen) atoms. The van der Waals surface area contributed by atoms with Crippen molar-refractivity contribution in [2.45, 2.75) is 58.7 Å². The first-order valence-electron chi connectivity index (χ1n) is 10.5. The summed E-state index contributed by atoms with van der Waals surface area (Å²) in [6.07, 6.45) is 0.737. The van der Waals surface area contributed by atoms with E-state index in [1.165, 1.54) is 6.92 Å². The Morgan fingerprint density at radius 1 is 0.848 bits per heavy atom. The van der Waals surface area contributed by atoms with Crippen LogP contribution in [0, 0.1) is 0 Å². The van der Waals surface area contributed by atoms with Crippen LogP contribution in [0.25, 0.3) is 0 Å². The Bertz CT molecular complexity index is 786. The van der Waals surface area contributed by atoms with Gasteiger partial charge in [-0.2, -0.15) is 0 Å². The van der Waals surface area contributed by atoms with E-state index in [0.29, 0.717) is 18.7 Å². The molecule has 4 fully saturated rings. The number of hydrogen-bond donors (Lipinski definition) is 0. The van der Waals surface area contributed by atoms with Crippen molar-refractivity contribution in [2.24, 2.45) is 0 Å². The van der Waals surface area contributed by atoms with Gasteiger partial charge in [0, 0.05) is 45.7 Å². The zero-order chi connectivity index (χ0) is 24.2. The van der Waals surface area contributed by atoms with Crippen LogP contribution in [0.1, 0.15) is 13.3 Å². The Morgan fingerprint density at radius 2 is 1.42 bits per heavy atom. The summed E-state index contributed by atoms with van der Waals surface area (Å²) < 4.78 is 75.5. The molecule has 4 heterocycles. The summed E-state index contributed by atoms with van der Waals surface area (Å²) in [5.74, 6) is -0.363. The van der Waals surface area contributed by atoms with E-state index in [9.17, 15) is 4.79 Å². The second kappa shape index (κ2) is 9.26. The van der Waals surface area contributed by atoms with E-state index in [1.54, 1.807) is 32.7 Å². The molecule has 0 spiro atoms. The van der Waals surface area contributed by atoms with Gasteiger partial charge in [-0.15, -0.1) is 0 Å². The monoisotopic (exact) mass is 605 g/mol. The molecule has 187 valence electrons. The summed E-state index contributed by atoms with van der Waals surface area (Å²) in [4.78, 5) is 11.2. The average Bonchev–Trinajstić information content (AvgIpc) is 2.62. The molecular formula is C12H29O13Si8. The second-order valence-electron chi connectivity index (χ2n) is 8.53. The molecule has 4 rings (SSSR count). The fourth-order valence-electron chi connectivity index (χ4n) is 4.04. The van der Waals surface area contributed by atoms with Crippen molar-refractivity contribution in [1.29, 1.82) is 0 Å². The third-order valence-electron chi connectivity index (χ3n) is 4.79. The molecule has 4 aliphatic heterocycles. The number of hydrogen-bond acceptors (Lipinski definition) is 13. The number of carbonyl (C=O) groups is 1. The summed E-state index contributed by atoms with van der Waals surface area (Å²) in [5, 5.41) is 0. The minimum atomic E-state index is -3.53. The molecule has 4 aliphatic rings. The van der Waals surface area contributed by atoms with Gasteiger partial charge < -0.3 is 50.3 Å². The minimum absolute atomic E-state index is 0.190. The molecule has 6 unspecified atom stereocenters. The van der Waals surface area contributed by atoms with Crippen LogP contribution in [0.5, 0.6) is 0 Å². The quantitative estimate of drug-likeness (QED) is 0.253. The van der Waals surface area contributed by atoms with Crippen LogP contribution in [0.3, 0.4) is 0 Å². The van der Waals surface area contributed by atoms with E-state index in [-0.39, 0.29) is 12.6 Å². The first kappa shape index (κ1) is 26.8. The molecule has 0 amide bonds. The number of rotatable bonds is 4. The van der Waals surface area contributed by atoms with Gasteiger partial charge in [-0.3, -0.25) is 4.79 Å². The van der Waals surface area contributed by atoms with Crippen LogP contribution in [-0.2, 0) is 55.1 Å². The molecule has 0 N–H and O–H groups in total. The maximum absolute atomic E-state index is 11.2. The molecule has 21 heteroatoms. The SMILES string of the molecule is CC(=O)OCCC[Si]12O[Si]O[Si]3(C)O[Si]4(C)O[Si](C)CO[Si](C)(O[Si](C)(O4)O[Si](C)(O3)O1)O2. The Balaban J connectivity index is 1.77. The van der Waals surface area contributed by atoms with E-state index < -0.39 is 71.9 Å². The third kappa shape index (κ3) is 6.37. The number of carbonyl (C=O) groups excluding carboxylic acids is 1. The Kier molecular flexibility index (Phi) is 7.52. The lowest BCUT2D eigenvalue weighted by Crippen LogP contribution is -2.78. The van der Waals surface area contributed by atoms with Crippen molar-refractivity contribution >= 4 is 77.8 Å². The van der Waals surface area contributed by atoms with E-state index in [4.69, 9.17) is 50.3 Å². The molecular weight excluding hydrogens is 577 g/mol. The highest BCUT2D eigenvalue weighted by Crippen LogP contribution is 2.41. The van der Waals surface area contributed by atoms with Gasteiger partial charge in [0.25, 0.3) is 0 Å². The number of ether oxygens (including phenoxy) is 1. The van der Waals surface area contributed by atoms with Gasteiger partial charge >= 0.3 is 68.8 Å². The van der Waals surface area contributed by atoms with Crippen molar-refractivity contribution in [3.8, 4) is 0 Å². The third-order valence-corrected chi connectivity index (χ3v) is 33.8. The smallest absolute Gasteiger partial charge is 0.466 e. The minimum Gasteiger partial charge on any atom is -0.466 e. The molecule has 4 saturated heterocycles. The largest absolute Gasteiger partial charge is 0.482 e. The van der Waals surface area contributed by atoms with Crippen molar-refractivity contribution in [1.82, 2.24) is 0 Å². The van der Waals surface area contributed by atoms with Gasteiger partial charge in [-0.1, -0.05) is 0 Å². The van der Waals surface area contributed by atoms with Crippen LogP contribution in [0.4, 0.5) is 0 Å². The van der Waals surface area contributed by atoms with Gasteiger partial charge in [0.05, 0.1) is 12.8 Å². The predicted molar refractivity (Wildman–Crippen MR) is 124 cm³/mol.